The van der Waals surface area contributed by atoms with E-state index in [1.807, 2.05) is 0 Å². The van der Waals surface area contributed by atoms with Crippen LogP contribution in [0.4, 0.5) is 0 Å². The van der Waals surface area contributed by atoms with Crippen LogP contribution in [0.2, 0.25) is 0 Å². The average molecular weight is 313 g/mol. The van der Waals surface area contributed by atoms with E-state index in [0.717, 1.165) is 31.4 Å². The fraction of sp³-hybridized carbons (Fsp3) is 0.600. The van der Waals surface area contributed by atoms with E-state index in [-0.39, 0.29) is 18.5 Å². The third-order valence-electron chi connectivity index (χ3n) is 3.59. The number of benzene rings is 1. The summed E-state index contributed by atoms with van der Waals surface area (Å²) in [6.07, 6.45) is 3.36. The van der Waals surface area contributed by atoms with Gasteiger partial charge < -0.3 is 15.2 Å². The first-order chi connectivity index (χ1) is 10.1. The highest BCUT2D eigenvalue weighted by Crippen LogP contribution is 2.14. The van der Waals surface area contributed by atoms with Gasteiger partial charge >= 0.3 is 0 Å². The Morgan fingerprint density at radius 1 is 1.24 bits per heavy atom. The third-order valence-corrected chi connectivity index (χ3v) is 5.29. The monoisotopic (exact) mass is 313 g/mol. The van der Waals surface area contributed by atoms with Gasteiger partial charge in [-0.05, 0) is 37.0 Å². The van der Waals surface area contributed by atoms with Crippen molar-refractivity contribution in [3.05, 3.63) is 29.8 Å². The van der Waals surface area contributed by atoms with E-state index in [1.54, 1.807) is 24.3 Å². The van der Waals surface area contributed by atoms with Crippen LogP contribution in [0, 0.1) is 0 Å². The van der Waals surface area contributed by atoms with Gasteiger partial charge in [0.05, 0.1) is 30.0 Å². The molecule has 0 amide bonds. The number of hydrogen-bond donors (Lipinski definition) is 1. The molecule has 6 heteroatoms. The van der Waals surface area contributed by atoms with E-state index in [4.69, 9.17) is 15.2 Å². The van der Waals surface area contributed by atoms with Crippen LogP contribution in [-0.2, 0) is 25.9 Å². The Morgan fingerprint density at radius 3 is 2.62 bits per heavy atom. The lowest BCUT2D eigenvalue weighted by Gasteiger charge is -2.22. The molecule has 1 aromatic rings. The van der Waals surface area contributed by atoms with Crippen molar-refractivity contribution in [2.45, 2.75) is 36.8 Å². The van der Waals surface area contributed by atoms with Gasteiger partial charge in [0.25, 0.3) is 0 Å². The minimum absolute atomic E-state index is 0.0122. The van der Waals surface area contributed by atoms with Gasteiger partial charge in [0.15, 0.2) is 9.84 Å². The molecule has 0 saturated carbocycles. The minimum atomic E-state index is -3.29. The molecular formula is C15H23NO4S. The molecule has 2 rings (SSSR count). The smallest absolute Gasteiger partial charge is 0.180 e. The molecule has 5 nitrogen and oxygen atoms in total. The summed E-state index contributed by atoms with van der Waals surface area (Å²) in [7, 11) is -3.29. The molecule has 1 saturated heterocycles. The molecule has 1 aliphatic rings. The van der Waals surface area contributed by atoms with Crippen LogP contribution in [0.15, 0.2) is 29.2 Å². The quantitative estimate of drug-likeness (QED) is 0.772. The first kappa shape index (κ1) is 16.4. The second-order valence-electron chi connectivity index (χ2n) is 5.23. The molecule has 1 unspecified atom stereocenters. The maximum atomic E-state index is 12.1. The van der Waals surface area contributed by atoms with Gasteiger partial charge in [-0.3, -0.25) is 0 Å². The van der Waals surface area contributed by atoms with Crippen LogP contribution in [0.5, 0.6) is 0 Å². The summed E-state index contributed by atoms with van der Waals surface area (Å²) in [5, 5.41) is 0. The maximum Gasteiger partial charge on any atom is 0.180 e. The number of rotatable bonds is 7. The lowest BCUT2D eigenvalue weighted by molar-refractivity contribution is -0.0378. The van der Waals surface area contributed by atoms with E-state index in [1.165, 1.54) is 0 Å². The van der Waals surface area contributed by atoms with Crippen molar-refractivity contribution in [3.8, 4) is 0 Å². The van der Waals surface area contributed by atoms with Crippen molar-refractivity contribution in [2.24, 2.45) is 5.73 Å². The van der Waals surface area contributed by atoms with Gasteiger partial charge in [0, 0.05) is 13.2 Å². The zero-order valence-electron chi connectivity index (χ0n) is 12.2. The van der Waals surface area contributed by atoms with Crippen molar-refractivity contribution in [1.29, 1.82) is 0 Å². The Kier molecular flexibility index (Phi) is 6.17. The van der Waals surface area contributed by atoms with Crippen LogP contribution >= 0.6 is 0 Å². The number of ether oxygens (including phenoxy) is 2. The standard InChI is InChI=1S/C15H23NO4S/c16-11-13-4-6-15(7-5-13)21(17,18)10-9-19-12-14-3-1-2-8-20-14/h4-7,14H,1-3,8-12,16H2. The lowest BCUT2D eigenvalue weighted by Crippen LogP contribution is -2.25. The second-order valence-corrected chi connectivity index (χ2v) is 7.34. The molecule has 21 heavy (non-hydrogen) atoms. The molecule has 0 aliphatic carbocycles. The number of nitrogens with two attached hydrogens (primary N) is 1. The first-order valence-electron chi connectivity index (χ1n) is 7.33. The Bertz CT molecular complexity index is 521. The molecule has 0 aromatic heterocycles. The highest BCUT2D eigenvalue weighted by atomic mass is 32.2. The lowest BCUT2D eigenvalue weighted by atomic mass is 10.1. The molecule has 1 atom stereocenters. The summed E-state index contributed by atoms with van der Waals surface area (Å²) in [6, 6.07) is 6.68. The number of sulfone groups is 1. The zero-order valence-corrected chi connectivity index (χ0v) is 13.0. The van der Waals surface area contributed by atoms with Crippen LogP contribution in [0.1, 0.15) is 24.8 Å². The van der Waals surface area contributed by atoms with E-state index < -0.39 is 9.84 Å². The fourth-order valence-corrected chi connectivity index (χ4v) is 3.40. The molecule has 1 fully saturated rings. The molecule has 1 aliphatic heterocycles. The molecule has 0 spiro atoms. The van der Waals surface area contributed by atoms with Crippen LogP contribution in [0.3, 0.4) is 0 Å². The van der Waals surface area contributed by atoms with Gasteiger partial charge in [-0.25, -0.2) is 8.42 Å². The first-order valence-corrected chi connectivity index (χ1v) is 8.98. The van der Waals surface area contributed by atoms with Crippen LogP contribution in [-0.4, -0.2) is 40.1 Å². The summed E-state index contributed by atoms with van der Waals surface area (Å²) in [5.74, 6) is -0.0122. The fourth-order valence-electron chi connectivity index (χ4n) is 2.27. The van der Waals surface area contributed by atoms with Gasteiger partial charge in [-0.15, -0.1) is 0 Å². The minimum Gasteiger partial charge on any atom is -0.378 e. The Balaban J connectivity index is 1.77. The molecule has 1 heterocycles. The molecular weight excluding hydrogens is 290 g/mol. The summed E-state index contributed by atoms with van der Waals surface area (Å²) < 4.78 is 35.3. The molecule has 0 bridgehead atoms. The van der Waals surface area contributed by atoms with Crippen LogP contribution < -0.4 is 5.73 Å². The van der Waals surface area contributed by atoms with Crippen LogP contribution in [0.25, 0.3) is 0 Å². The van der Waals surface area contributed by atoms with E-state index in [0.29, 0.717) is 18.0 Å². The van der Waals surface area contributed by atoms with Crippen molar-refractivity contribution in [2.75, 3.05) is 25.6 Å². The Labute approximate surface area is 126 Å². The van der Waals surface area contributed by atoms with E-state index in [9.17, 15) is 8.42 Å². The summed E-state index contributed by atoms with van der Waals surface area (Å²) in [4.78, 5) is 0.317. The highest BCUT2D eigenvalue weighted by molar-refractivity contribution is 7.91. The Hall–Kier alpha value is -0.950. The molecule has 2 N–H and O–H groups in total. The summed E-state index contributed by atoms with van der Waals surface area (Å²) in [5.41, 5.74) is 6.41. The second kappa shape index (κ2) is 7.89. The topological polar surface area (TPSA) is 78.6 Å². The van der Waals surface area contributed by atoms with Gasteiger partial charge in [0.2, 0.25) is 0 Å². The summed E-state index contributed by atoms with van der Waals surface area (Å²) >= 11 is 0. The SMILES string of the molecule is NCc1ccc(S(=O)(=O)CCOCC2CCCCO2)cc1. The van der Waals surface area contributed by atoms with Gasteiger partial charge in [-0.2, -0.15) is 0 Å². The largest absolute Gasteiger partial charge is 0.378 e. The average Bonchev–Trinajstić information content (AvgIpc) is 2.53. The van der Waals surface area contributed by atoms with Crippen molar-refractivity contribution < 1.29 is 17.9 Å². The molecule has 1 aromatic carbocycles. The number of hydrogen-bond acceptors (Lipinski definition) is 5. The Morgan fingerprint density at radius 2 is 2.00 bits per heavy atom. The summed E-state index contributed by atoms with van der Waals surface area (Å²) in [6.45, 7) is 1.85. The van der Waals surface area contributed by atoms with E-state index >= 15 is 0 Å². The molecule has 0 radical (unpaired) electrons. The third kappa shape index (κ3) is 5.07. The molecule has 118 valence electrons. The predicted octanol–water partition coefficient (Wildman–Crippen LogP) is 1.50. The maximum absolute atomic E-state index is 12.1. The van der Waals surface area contributed by atoms with E-state index in [2.05, 4.69) is 0 Å². The van der Waals surface area contributed by atoms with Crippen molar-refractivity contribution in [3.63, 3.8) is 0 Å². The zero-order chi connectivity index (χ0) is 15.1. The van der Waals surface area contributed by atoms with Gasteiger partial charge in [-0.1, -0.05) is 12.1 Å². The normalized spacial score (nSPS) is 19.6. The van der Waals surface area contributed by atoms with Crippen molar-refractivity contribution >= 4 is 9.84 Å². The predicted molar refractivity (Wildman–Crippen MR) is 80.8 cm³/mol. The highest BCUT2D eigenvalue weighted by Gasteiger charge is 2.16. The van der Waals surface area contributed by atoms with Gasteiger partial charge in [0.1, 0.15) is 0 Å². The van der Waals surface area contributed by atoms with Crippen molar-refractivity contribution in [1.82, 2.24) is 0 Å².